The van der Waals surface area contributed by atoms with Gasteiger partial charge in [-0.15, -0.1) is 0 Å². The Kier molecular flexibility index (Phi) is 3.46. The highest BCUT2D eigenvalue weighted by atomic mass is 32.2. The summed E-state index contributed by atoms with van der Waals surface area (Å²) in [6.07, 6.45) is 0. The number of carbonyl (C=O) groups excluding carboxylic acids is 1. The van der Waals surface area contributed by atoms with Gasteiger partial charge in [0.25, 0.3) is 0 Å². The molecule has 0 saturated carbocycles. The zero-order valence-corrected chi connectivity index (χ0v) is 8.88. The molecule has 6 nitrogen and oxygen atoms in total. The first-order valence-electron chi connectivity index (χ1n) is 4.44. The second-order valence-corrected chi connectivity index (χ2v) is 5.63. The van der Waals surface area contributed by atoms with Crippen molar-refractivity contribution in [3.05, 3.63) is 0 Å². The number of piperazine rings is 1. The summed E-state index contributed by atoms with van der Waals surface area (Å²) < 4.78 is 24.6. The fraction of sp³-hybridized carbons (Fsp3) is 0.857. The van der Waals surface area contributed by atoms with Crippen molar-refractivity contribution in [3.8, 4) is 0 Å². The lowest BCUT2D eigenvalue weighted by atomic mass is 10.4. The van der Waals surface area contributed by atoms with Crippen molar-refractivity contribution in [2.75, 3.05) is 26.2 Å². The van der Waals surface area contributed by atoms with Crippen LogP contribution in [-0.4, -0.2) is 50.1 Å². The first kappa shape index (κ1) is 11.4. The predicted octanol–water partition coefficient (Wildman–Crippen LogP) is -1.90. The lowest BCUT2D eigenvalue weighted by molar-refractivity contribution is -0.122. The molecule has 14 heavy (non-hydrogen) atoms. The highest BCUT2D eigenvalue weighted by Gasteiger charge is 2.31. The van der Waals surface area contributed by atoms with E-state index in [0.29, 0.717) is 13.1 Å². The summed E-state index contributed by atoms with van der Waals surface area (Å²) in [5.41, 5.74) is 5.29. The van der Waals surface area contributed by atoms with E-state index >= 15 is 0 Å². The van der Waals surface area contributed by atoms with Crippen LogP contribution >= 0.6 is 0 Å². The van der Waals surface area contributed by atoms with Gasteiger partial charge in [0, 0.05) is 19.6 Å². The van der Waals surface area contributed by atoms with E-state index in [9.17, 15) is 13.2 Å². The molecule has 0 aliphatic carbocycles. The standard InChI is InChI=1S/C7H15N3O3S/c1-6(4-8)14(12,13)10-3-2-9-7(11)5-10/h6H,2-5,8H2,1H3,(H,9,11). The molecule has 0 spiro atoms. The van der Waals surface area contributed by atoms with Gasteiger partial charge < -0.3 is 11.1 Å². The molecule has 1 aliphatic heterocycles. The molecule has 1 atom stereocenters. The van der Waals surface area contributed by atoms with Crippen LogP contribution in [0.3, 0.4) is 0 Å². The van der Waals surface area contributed by atoms with Gasteiger partial charge in [0.2, 0.25) is 15.9 Å². The third-order valence-corrected chi connectivity index (χ3v) is 4.44. The second kappa shape index (κ2) is 4.24. The van der Waals surface area contributed by atoms with Crippen LogP contribution in [0, 0.1) is 0 Å². The SMILES string of the molecule is CC(CN)S(=O)(=O)N1CCNC(=O)C1. The summed E-state index contributed by atoms with van der Waals surface area (Å²) in [5.74, 6) is -0.260. The molecule has 7 heteroatoms. The first-order chi connectivity index (χ1) is 6.48. The van der Waals surface area contributed by atoms with Crippen molar-refractivity contribution in [3.63, 3.8) is 0 Å². The predicted molar refractivity (Wildman–Crippen MR) is 52.0 cm³/mol. The van der Waals surface area contributed by atoms with Gasteiger partial charge in [-0.25, -0.2) is 8.42 Å². The number of hydrogen-bond acceptors (Lipinski definition) is 4. The summed E-state index contributed by atoms with van der Waals surface area (Å²) in [4.78, 5) is 11.0. The molecule has 0 aromatic heterocycles. The molecule has 1 unspecified atom stereocenters. The van der Waals surface area contributed by atoms with E-state index in [-0.39, 0.29) is 19.0 Å². The van der Waals surface area contributed by atoms with Crippen molar-refractivity contribution >= 4 is 15.9 Å². The molecule has 3 N–H and O–H groups in total. The maximum atomic E-state index is 11.7. The normalized spacial score (nSPS) is 21.7. The Morgan fingerprint density at radius 3 is 2.79 bits per heavy atom. The minimum atomic E-state index is -3.40. The highest BCUT2D eigenvalue weighted by Crippen LogP contribution is 2.08. The number of carbonyl (C=O) groups is 1. The molecule has 0 aromatic rings. The van der Waals surface area contributed by atoms with Crippen molar-refractivity contribution < 1.29 is 13.2 Å². The molecule has 1 rings (SSSR count). The topological polar surface area (TPSA) is 92.5 Å². The number of sulfonamides is 1. The molecule has 1 fully saturated rings. The van der Waals surface area contributed by atoms with Crippen LogP contribution in [0.5, 0.6) is 0 Å². The van der Waals surface area contributed by atoms with Gasteiger partial charge in [0.15, 0.2) is 0 Å². The van der Waals surface area contributed by atoms with Crippen LogP contribution in [0.4, 0.5) is 0 Å². The fourth-order valence-corrected chi connectivity index (χ4v) is 2.60. The van der Waals surface area contributed by atoms with Gasteiger partial charge in [-0.2, -0.15) is 4.31 Å². The Morgan fingerprint density at radius 1 is 1.64 bits per heavy atom. The summed E-state index contributed by atoms with van der Waals surface area (Å²) in [6, 6.07) is 0. The lowest BCUT2D eigenvalue weighted by Crippen LogP contribution is -2.52. The molecule has 1 amide bonds. The Hall–Kier alpha value is -0.660. The molecule has 0 aromatic carbocycles. The average molecular weight is 221 g/mol. The smallest absolute Gasteiger partial charge is 0.235 e. The van der Waals surface area contributed by atoms with Crippen LogP contribution in [0.2, 0.25) is 0 Å². The molecule has 82 valence electrons. The van der Waals surface area contributed by atoms with E-state index in [0.717, 1.165) is 0 Å². The Labute approximate surface area is 83.5 Å². The molecule has 1 aliphatic rings. The van der Waals surface area contributed by atoms with E-state index in [1.165, 1.54) is 4.31 Å². The number of rotatable bonds is 3. The Morgan fingerprint density at radius 2 is 2.29 bits per heavy atom. The first-order valence-corrected chi connectivity index (χ1v) is 5.94. The molecular formula is C7H15N3O3S. The number of hydrogen-bond donors (Lipinski definition) is 2. The fourth-order valence-electron chi connectivity index (χ4n) is 1.21. The van der Waals surface area contributed by atoms with Crippen LogP contribution < -0.4 is 11.1 Å². The van der Waals surface area contributed by atoms with Crippen molar-refractivity contribution in [2.24, 2.45) is 5.73 Å². The van der Waals surface area contributed by atoms with E-state index in [2.05, 4.69) is 5.32 Å². The molecule has 1 saturated heterocycles. The largest absolute Gasteiger partial charge is 0.354 e. The number of amides is 1. The number of nitrogens with zero attached hydrogens (tertiary/aromatic N) is 1. The third-order valence-electron chi connectivity index (χ3n) is 2.20. The van der Waals surface area contributed by atoms with Crippen LogP contribution in [0.15, 0.2) is 0 Å². The average Bonchev–Trinajstić information content (AvgIpc) is 2.16. The Bertz CT molecular complexity index is 314. The Balaban J connectivity index is 2.77. The zero-order chi connectivity index (χ0) is 10.8. The highest BCUT2D eigenvalue weighted by molar-refractivity contribution is 7.89. The third kappa shape index (κ3) is 2.23. The van der Waals surface area contributed by atoms with Crippen LogP contribution in [0.25, 0.3) is 0 Å². The van der Waals surface area contributed by atoms with Gasteiger partial charge in [0.05, 0.1) is 11.8 Å². The summed E-state index contributed by atoms with van der Waals surface area (Å²) in [6.45, 7) is 2.22. The van der Waals surface area contributed by atoms with Crippen LogP contribution in [-0.2, 0) is 14.8 Å². The molecule has 0 bridgehead atoms. The van der Waals surface area contributed by atoms with Crippen molar-refractivity contribution in [1.29, 1.82) is 0 Å². The quantitative estimate of drug-likeness (QED) is 0.582. The second-order valence-electron chi connectivity index (χ2n) is 3.27. The van der Waals surface area contributed by atoms with Crippen molar-refractivity contribution in [2.45, 2.75) is 12.2 Å². The molecule has 1 heterocycles. The summed E-state index contributed by atoms with van der Waals surface area (Å²) in [7, 11) is -3.40. The minimum Gasteiger partial charge on any atom is -0.354 e. The van der Waals surface area contributed by atoms with Gasteiger partial charge in [-0.1, -0.05) is 0 Å². The van der Waals surface area contributed by atoms with E-state index in [1.54, 1.807) is 6.92 Å². The lowest BCUT2D eigenvalue weighted by Gasteiger charge is -2.28. The van der Waals surface area contributed by atoms with Gasteiger partial charge in [-0.3, -0.25) is 4.79 Å². The van der Waals surface area contributed by atoms with Crippen molar-refractivity contribution in [1.82, 2.24) is 9.62 Å². The molecule has 0 radical (unpaired) electrons. The maximum Gasteiger partial charge on any atom is 0.235 e. The van der Waals surface area contributed by atoms with E-state index in [4.69, 9.17) is 5.73 Å². The van der Waals surface area contributed by atoms with E-state index < -0.39 is 15.3 Å². The van der Waals surface area contributed by atoms with Gasteiger partial charge in [0.1, 0.15) is 0 Å². The van der Waals surface area contributed by atoms with E-state index in [1.807, 2.05) is 0 Å². The zero-order valence-electron chi connectivity index (χ0n) is 8.06. The summed E-state index contributed by atoms with van der Waals surface area (Å²) in [5, 5.41) is 1.93. The minimum absolute atomic E-state index is 0.0699. The van der Waals surface area contributed by atoms with Gasteiger partial charge in [-0.05, 0) is 6.92 Å². The summed E-state index contributed by atoms with van der Waals surface area (Å²) >= 11 is 0. The maximum absolute atomic E-state index is 11.7. The monoisotopic (exact) mass is 221 g/mol. The molecular weight excluding hydrogens is 206 g/mol. The number of nitrogens with two attached hydrogens (primary N) is 1. The van der Waals surface area contributed by atoms with Gasteiger partial charge >= 0.3 is 0 Å². The number of nitrogens with one attached hydrogen (secondary N) is 1. The van der Waals surface area contributed by atoms with Crippen LogP contribution in [0.1, 0.15) is 6.92 Å².